The van der Waals surface area contributed by atoms with Crippen LogP contribution in [0.1, 0.15) is 33.4 Å². The highest BCUT2D eigenvalue weighted by Gasteiger charge is 2.29. The zero-order valence-corrected chi connectivity index (χ0v) is 26.6. The second-order valence-electron chi connectivity index (χ2n) is 12.1. The first-order chi connectivity index (χ1) is 23.7. The summed E-state index contributed by atoms with van der Waals surface area (Å²) < 4.78 is 0. The van der Waals surface area contributed by atoms with Crippen LogP contribution in [-0.4, -0.2) is 0 Å². The third kappa shape index (κ3) is 6.49. The molecule has 2 aliphatic rings. The molecule has 230 valence electrons. The number of rotatable bonds is 8. The van der Waals surface area contributed by atoms with Gasteiger partial charge in [-0.3, -0.25) is 0 Å². The van der Waals surface area contributed by atoms with E-state index in [1.807, 2.05) is 0 Å². The van der Waals surface area contributed by atoms with Gasteiger partial charge in [0.2, 0.25) is 13.3 Å². The fraction of sp³-hybridized carbons (Fsp3) is 0.0909. The van der Waals surface area contributed by atoms with Crippen LogP contribution in [0.2, 0.25) is 0 Å². The van der Waals surface area contributed by atoms with Crippen LogP contribution in [0.3, 0.4) is 0 Å². The van der Waals surface area contributed by atoms with Crippen LogP contribution in [0, 0.1) is 25.2 Å². The molecule has 48 heavy (non-hydrogen) atoms. The predicted molar refractivity (Wildman–Crippen MR) is 196 cm³/mol. The lowest BCUT2D eigenvalue weighted by atomic mass is 10.1. The van der Waals surface area contributed by atoms with Crippen molar-refractivity contribution >= 4 is 22.7 Å². The van der Waals surface area contributed by atoms with Gasteiger partial charge in [0.25, 0.3) is 0 Å². The molecule has 0 atom stereocenters. The molecule has 0 N–H and O–H groups in total. The largest absolute Gasteiger partial charge is 0.335 e. The van der Waals surface area contributed by atoms with E-state index in [1.165, 1.54) is 22.3 Å². The summed E-state index contributed by atoms with van der Waals surface area (Å²) in [4.78, 5) is 8.84. The van der Waals surface area contributed by atoms with Gasteiger partial charge in [0.1, 0.15) is 0 Å². The fourth-order valence-electron chi connectivity index (χ4n) is 6.29. The molecule has 0 unspecified atom stereocenters. The van der Waals surface area contributed by atoms with E-state index >= 15 is 0 Å². The highest BCUT2D eigenvalue weighted by atomic mass is 15.4. The second-order valence-corrected chi connectivity index (χ2v) is 12.1. The van der Waals surface area contributed by atoms with Gasteiger partial charge in [-0.25, -0.2) is 0 Å². The van der Waals surface area contributed by atoms with Crippen LogP contribution in [0.4, 0.5) is 22.7 Å². The molecule has 0 fully saturated rings. The minimum Gasteiger partial charge on any atom is -0.335 e. The molecular weight excluding hydrogens is 585 g/mol. The molecule has 6 aromatic rings. The number of hydrogen-bond donors (Lipinski definition) is 0. The van der Waals surface area contributed by atoms with Crippen molar-refractivity contribution in [1.29, 1.82) is 0 Å². The van der Waals surface area contributed by atoms with Gasteiger partial charge in [0.05, 0.1) is 22.7 Å². The summed E-state index contributed by atoms with van der Waals surface area (Å²) in [5.41, 5.74) is 11.4. The van der Waals surface area contributed by atoms with E-state index < -0.39 is 0 Å². The van der Waals surface area contributed by atoms with E-state index in [4.69, 9.17) is 0 Å². The van der Waals surface area contributed by atoms with Crippen molar-refractivity contribution < 1.29 is 0 Å². The Labute approximate surface area is 284 Å². The number of benzene rings is 6. The zero-order chi connectivity index (χ0) is 32.1. The third-order valence-electron chi connectivity index (χ3n) is 8.68. The summed E-state index contributed by atoms with van der Waals surface area (Å²) in [6, 6.07) is 55.2. The minimum absolute atomic E-state index is 0.741. The molecule has 0 spiro atoms. The topological polar surface area (TPSA) is 13.0 Å². The monoisotopic (exact) mass is 618 g/mol. The SMILES string of the molecule is [C]1N(Cc2ccccc2)c2ccc(C#Cc3ccc4c(c3)N(Cc3ccccc3)[C]N4Cc3ccccc3)cc2N1Cc1ccccc1. The van der Waals surface area contributed by atoms with Crippen LogP contribution in [0.15, 0.2) is 158 Å². The Morgan fingerprint density at radius 1 is 0.333 bits per heavy atom. The molecular formula is C44H34N4. The van der Waals surface area contributed by atoms with Crippen LogP contribution in [0.25, 0.3) is 0 Å². The first kappa shape index (κ1) is 29.5. The first-order valence-electron chi connectivity index (χ1n) is 16.3. The molecule has 0 bridgehead atoms. The summed E-state index contributed by atoms with van der Waals surface area (Å²) in [6.07, 6.45) is 0. The Morgan fingerprint density at radius 2 is 0.625 bits per heavy atom. The lowest BCUT2D eigenvalue weighted by Crippen LogP contribution is -2.24. The summed E-state index contributed by atoms with van der Waals surface area (Å²) in [5, 5.41) is 0. The highest BCUT2D eigenvalue weighted by Crippen LogP contribution is 2.42. The summed E-state index contributed by atoms with van der Waals surface area (Å²) in [7, 11) is 0. The van der Waals surface area contributed by atoms with Crippen molar-refractivity contribution in [2.24, 2.45) is 0 Å². The standard InChI is InChI=1S/C44H34N4/c1-5-13-37(14-6-1)29-45-33-47(31-39-17-9-3-10-18-39)43-27-35(23-25-41(43)45)21-22-36-24-26-42-44(28-36)48(32-40-19-11-4-12-20-40)34-46(42)30-38-15-7-2-8-16-38/h1-20,23-28H,29-32H2. The number of fused-ring (bicyclic) bond motifs is 2. The van der Waals surface area contributed by atoms with E-state index in [0.717, 1.165) is 60.1 Å². The van der Waals surface area contributed by atoms with Crippen LogP contribution in [-0.2, 0) is 26.2 Å². The number of anilines is 4. The van der Waals surface area contributed by atoms with Crippen LogP contribution >= 0.6 is 0 Å². The van der Waals surface area contributed by atoms with Crippen molar-refractivity contribution in [2.45, 2.75) is 26.2 Å². The Bertz CT molecular complexity index is 1900. The van der Waals surface area contributed by atoms with Crippen molar-refractivity contribution in [1.82, 2.24) is 0 Å². The highest BCUT2D eigenvalue weighted by molar-refractivity contribution is 5.82. The zero-order valence-electron chi connectivity index (χ0n) is 26.6. The van der Waals surface area contributed by atoms with E-state index in [-0.39, 0.29) is 0 Å². The normalized spacial score (nSPS) is 13.2. The van der Waals surface area contributed by atoms with Crippen molar-refractivity contribution in [2.75, 3.05) is 19.6 Å². The Balaban J connectivity index is 1.08. The van der Waals surface area contributed by atoms with E-state index in [9.17, 15) is 0 Å². The van der Waals surface area contributed by atoms with E-state index in [1.54, 1.807) is 0 Å². The summed E-state index contributed by atoms with van der Waals surface area (Å²) in [6.45, 7) is 10.3. The average molecular weight is 619 g/mol. The molecule has 0 aliphatic carbocycles. The smallest absolute Gasteiger partial charge is 0.209 e. The molecule has 6 aromatic carbocycles. The molecule has 4 heteroatoms. The average Bonchev–Trinajstić information content (AvgIpc) is 3.65. The summed E-state index contributed by atoms with van der Waals surface area (Å²) >= 11 is 0. The van der Waals surface area contributed by atoms with Crippen molar-refractivity contribution in [3.05, 3.63) is 204 Å². The Kier molecular flexibility index (Phi) is 8.25. The van der Waals surface area contributed by atoms with Gasteiger partial charge in [0.15, 0.2) is 0 Å². The minimum atomic E-state index is 0.741. The van der Waals surface area contributed by atoms with Gasteiger partial charge in [-0.15, -0.1) is 0 Å². The first-order valence-corrected chi connectivity index (χ1v) is 16.3. The quantitative estimate of drug-likeness (QED) is 0.158. The second kappa shape index (κ2) is 13.4. The maximum absolute atomic E-state index is 3.63. The lowest BCUT2D eigenvalue weighted by molar-refractivity contribution is 0.849. The fourth-order valence-corrected chi connectivity index (χ4v) is 6.29. The Hall–Kier alpha value is -5.92. The molecule has 4 nitrogen and oxygen atoms in total. The number of nitrogens with zero attached hydrogens (tertiary/aromatic N) is 4. The predicted octanol–water partition coefficient (Wildman–Crippen LogP) is 9.13. The molecule has 4 radical (unpaired) electrons. The molecule has 0 saturated heterocycles. The van der Waals surface area contributed by atoms with Gasteiger partial charge < -0.3 is 19.6 Å². The molecule has 8 rings (SSSR count). The number of hydrogen-bond acceptors (Lipinski definition) is 4. The molecule has 0 saturated carbocycles. The molecule has 0 aromatic heterocycles. The maximum atomic E-state index is 3.63. The van der Waals surface area contributed by atoms with Gasteiger partial charge in [0, 0.05) is 37.3 Å². The third-order valence-corrected chi connectivity index (χ3v) is 8.68. The van der Waals surface area contributed by atoms with Crippen molar-refractivity contribution in [3.8, 4) is 11.8 Å². The van der Waals surface area contributed by atoms with Crippen molar-refractivity contribution in [3.63, 3.8) is 0 Å². The molecule has 2 aliphatic heterocycles. The van der Waals surface area contributed by atoms with Crippen LogP contribution < -0.4 is 19.6 Å². The Morgan fingerprint density at radius 3 is 0.938 bits per heavy atom. The molecule has 2 heterocycles. The van der Waals surface area contributed by atoms with E-state index in [2.05, 4.69) is 203 Å². The van der Waals surface area contributed by atoms with Gasteiger partial charge in [-0.2, -0.15) is 0 Å². The summed E-state index contributed by atoms with van der Waals surface area (Å²) in [5.74, 6) is 6.94. The van der Waals surface area contributed by atoms with Gasteiger partial charge in [-0.1, -0.05) is 133 Å². The maximum Gasteiger partial charge on any atom is 0.209 e. The van der Waals surface area contributed by atoms with Gasteiger partial charge in [-0.05, 0) is 58.7 Å². The van der Waals surface area contributed by atoms with Gasteiger partial charge >= 0.3 is 0 Å². The van der Waals surface area contributed by atoms with Crippen LogP contribution in [0.5, 0.6) is 0 Å². The lowest BCUT2D eigenvalue weighted by Gasteiger charge is -2.19. The van der Waals surface area contributed by atoms with E-state index in [0.29, 0.717) is 0 Å². The molecule has 0 amide bonds.